The van der Waals surface area contributed by atoms with Gasteiger partial charge in [0, 0.05) is 12.6 Å². The van der Waals surface area contributed by atoms with E-state index in [1.807, 2.05) is 18.2 Å². The molecule has 0 heterocycles. The van der Waals surface area contributed by atoms with E-state index in [9.17, 15) is 0 Å². The van der Waals surface area contributed by atoms with Crippen molar-refractivity contribution in [3.63, 3.8) is 0 Å². The predicted molar refractivity (Wildman–Crippen MR) is 89.7 cm³/mol. The van der Waals surface area contributed by atoms with Crippen LogP contribution >= 0.6 is 0 Å². The minimum atomic E-state index is 0.522. The Balaban J connectivity index is 1.81. The molecule has 2 aromatic rings. The molecule has 2 nitrogen and oxygen atoms in total. The molecule has 0 bridgehead atoms. The van der Waals surface area contributed by atoms with E-state index < -0.39 is 0 Å². The van der Waals surface area contributed by atoms with Crippen LogP contribution in [0, 0.1) is 5.92 Å². The SMILES string of the molecule is CC(C)C(C)NCCOc1ccc(-c2ccccc2)cc1. The van der Waals surface area contributed by atoms with Gasteiger partial charge >= 0.3 is 0 Å². The Kier molecular flexibility index (Phi) is 5.82. The normalized spacial score (nSPS) is 12.4. The van der Waals surface area contributed by atoms with Gasteiger partial charge in [0.05, 0.1) is 0 Å². The van der Waals surface area contributed by atoms with Crippen LogP contribution in [0.1, 0.15) is 20.8 Å². The van der Waals surface area contributed by atoms with Crippen molar-refractivity contribution in [3.05, 3.63) is 54.6 Å². The highest BCUT2D eigenvalue weighted by Gasteiger charge is 2.05. The number of ether oxygens (including phenoxy) is 1. The van der Waals surface area contributed by atoms with Gasteiger partial charge in [0.25, 0.3) is 0 Å². The summed E-state index contributed by atoms with van der Waals surface area (Å²) >= 11 is 0. The summed E-state index contributed by atoms with van der Waals surface area (Å²) in [6, 6.07) is 19.2. The minimum absolute atomic E-state index is 0.522. The van der Waals surface area contributed by atoms with Crippen LogP contribution in [0.2, 0.25) is 0 Å². The van der Waals surface area contributed by atoms with Gasteiger partial charge in [-0.2, -0.15) is 0 Å². The largest absolute Gasteiger partial charge is 0.492 e. The number of hydrogen-bond donors (Lipinski definition) is 1. The van der Waals surface area contributed by atoms with Gasteiger partial charge in [-0.1, -0.05) is 56.3 Å². The lowest BCUT2D eigenvalue weighted by Gasteiger charge is -2.17. The lowest BCUT2D eigenvalue weighted by molar-refractivity contribution is 0.297. The molecule has 0 radical (unpaired) electrons. The Morgan fingerprint density at radius 2 is 1.48 bits per heavy atom. The summed E-state index contributed by atoms with van der Waals surface area (Å²) in [7, 11) is 0. The lowest BCUT2D eigenvalue weighted by Crippen LogP contribution is -2.33. The molecular formula is C19H25NO. The second-order valence-corrected chi connectivity index (χ2v) is 5.73. The molecule has 0 spiro atoms. The Bertz CT molecular complexity index is 519. The van der Waals surface area contributed by atoms with Crippen LogP contribution in [0.15, 0.2) is 54.6 Å². The van der Waals surface area contributed by atoms with Crippen molar-refractivity contribution in [2.45, 2.75) is 26.8 Å². The Morgan fingerprint density at radius 3 is 2.10 bits per heavy atom. The van der Waals surface area contributed by atoms with Crippen molar-refractivity contribution in [3.8, 4) is 16.9 Å². The van der Waals surface area contributed by atoms with Gasteiger partial charge in [0.15, 0.2) is 0 Å². The zero-order valence-corrected chi connectivity index (χ0v) is 13.2. The third-order valence-corrected chi connectivity index (χ3v) is 3.80. The van der Waals surface area contributed by atoms with Crippen molar-refractivity contribution in [2.75, 3.05) is 13.2 Å². The van der Waals surface area contributed by atoms with Gasteiger partial charge in [-0.25, -0.2) is 0 Å². The maximum atomic E-state index is 5.76. The molecule has 0 aromatic heterocycles. The quantitative estimate of drug-likeness (QED) is 0.762. The monoisotopic (exact) mass is 283 g/mol. The average Bonchev–Trinajstić information content (AvgIpc) is 2.52. The van der Waals surface area contributed by atoms with Crippen LogP contribution < -0.4 is 10.1 Å². The van der Waals surface area contributed by atoms with E-state index in [-0.39, 0.29) is 0 Å². The summed E-state index contributed by atoms with van der Waals surface area (Å²) in [6.07, 6.45) is 0. The van der Waals surface area contributed by atoms with Crippen LogP contribution in [0.4, 0.5) is 0 Å². The number of nitrogens with one attached hydrogen (secondary N) is 1. The van der Waals surface area contributed by atoms with Gasteiger partial charge < -0.3 is 10.1 Å². The number of hydrogen-bond acceptors (Lipinski definition) is 2. The summed E-state index contributed by atoms with van der Waals surface area (Å²) in [6.45, 7) is 8.22. The second kappa shape index (κ2) is 7.84. The van der Waals surface area contributed by atoms with Crippen LogP contribution in [0.5, 0.6) is 5.75 Å². The molecule has 0 amide bonds. The maximum absolute atomic E-state index is 5.76. The van der Waals surface area contributed by atoms with Crippen molar-refractivity contribution < 1.29 is 4.74 Å². The van der Waals surface area contributed by atoms with E-state index >= 15 is 0 Å². The molecule has 1 unspecified atom stereocenters. The zero-order valence-electron chi connectivity index (χ0n) is 13.2. The molecule has 0 saturated carbocycles. The molecule has 0 aliphatic rings. The molecule has 1 N–H and O–H groups in total. The van der Waals surface area contributed by atoms with Crippen LogP contribution in [-0.2, 0) is 0 Å². The van der Waals surface area contributed by atoms with E-state index in [1.54, 1.807) is 0 Å². The molecule has 112 valence electrons. The zero-order chi connectivity index (χ0) is 15.1. The molecule has 2 aromatic carbocycles. The highest BCUT2D eigenvalue weighted by Crippen LogP contribution is 2.21. The summed E-state index contributed by atoms with van der Waals surface area (Å²) < 4.78 is 5.76. The molecule has 0 saturated heterocycles. The standard InChI is InChI=1S/C19H25NO/c1-15(2)16(3)20-13-14-21-19-11-9-18(10-12-19)17-7-5-4-6-8-17/h4-12,15-16,20H,13-14H2,1-3H3. The average molecular weight is 283 g/mol. The molecule has 21 heavy (non-hydrogen) atoms. The second-order valence-electron chi connectivity index (χ2n) is 5.73. The molecule has 0 aliphatic heterocycles. The highest BCUT2D eigenvalue weighted by atomic mass is 16.5. The van der Waals surface area contributed by atoms with Gasteiger partial charge in [0.2, 0.25) is 0 Å². The first kappa shape index (κ1) is 15.6. The fraction of sp³-hybridized carbons (Fsp3) is 0.368. The number of rotatable bonds is 7. The Morgan fingerprint density at radius 1 is 0.857 bits per heavy atom. The summed E-state index contributed by atoms with van der Waals surface area (Å²) in [5, 5.41) is 3.46. The van der Waals surface area contributed by atoms with Crippen molar-refractivity contribution in [1.29, 1.82) is 0 Å². The number of benzene rings is 2. The van der Waals surface area contributed by atoms with E-state index in [2.05, 4.69) is 62.5 Å². The fourth-order valence-electron chi connectivity index (χ4n) is 2.07. The van der Waals surface area contributed by atoms with Gasteiger partial charge in [-0.3, -0.25) is 0 Å². The Labute approximate surface area is 128 Å². The van der Waals surface area contributed by atoms with E-state index in [4.69, 9.17) is 4.74 Å². The van der Waals surface area contributed by atoms with Crippen molar-refractivity contribution >= 4 is 0 Å². The van der Waals surface area contributed by atoms with Crippen LogP contribution in [-0.4, -0.2) is 19.2 Å². The fourth-order valence-corrected chi connectivity index (χ4v) is 2.07. The molecule has 1 atom stereocenters. The lowest BCUT2D eigenvalue weighted by atomic mass is 10.1. The molecule has 2 rings (SSSR count). The first-order valence-electron chi connectivity index (χ1n) is 7.68. The Hall–Kier alpha value is -1.80. The van der Waals surface area contributed by atoms with Crippen LogP contribution in [0.3, 0.4) is 0 Å². The van der Waals surface area contributed by atoms with E-state index in [0.717, 1.165) is 12.3 Å². The van der Waals surface area contributed by atoms with E-state index in [1.165, 1.54) is 11.1 Å². The third-order valence-electron chi connectivity index (χ3n) is 3.80. The molecular weight excluding hydrogens is 258 g/mol. The summed E-state index contributed by atoms with van der Waals surface area (Å²) in [5.74, 6) is 1.57. The predicted octanol–water partition coefficient (Wildman–Crippen LogP) is 4.37. The summed E-state index contributed by atoms with van der Waals surface area (Å²) in [5.41, 5.74) is 2.45. The van der Waals surface area contributed by atoms with Crippen molar-refractivity contribution in [2.24, 2.45) is 5.92 Å². The highest BCUT2D eigenvalue weighted by molar-refractivity contribution is 5.63. The maximum Gasteiger partial charge on any atom is 0.119 e. The van der Waals surface area contributed by atoms with Gasteiger partial charge in [0.1, 0.15) is 12.4 Å². The molecule has 0 aliphatic carbocycles. The third kappa shape index (κ3) is 4.91. The first-order valence-corrected chi connectivity index (χ1v) is 7.68. The smallest absolute Gasteiger partial charge is 0.119 e. The molecule has 0 fully saturated rings. The first-order chi connectivity index (χ1) is 10.2. The van der Waals surface area contributed by atoms with Gasteiger partial charge in [-0.05, 0) is 36.1 Å². The van der Waals surface area contributed by atoms with Crippen molar-refractivity contribution in [1.82, 2.24) is 5.32 Å². The molecule has 2 heteroatoms. The minimum Gasteiger partial charge on any atom is -0.492 e. The van der Waals surface area contributed by atoms with Gasteiger partial charge in [-0.15, -0.1) is 0 Å². The van der Waals surface area contributed by atoms with E-state index in [0.29, 0.717) is 18.6 Å². The topological polar surface area (TPSA) is 21.3 Å². The summed E-state index contributed by atoms with van der Waals surface area (Å²) in [4.78, 5) is 0. The van der Waals surface area contributed by atoms with Crippen LogP contribution in [0.25, 0.3) is 11.1 Å².